The van der Waals surface area contributed by atoms with Crippen LogP contribution in [0.4, 0.5) is 5.69 Å². The lowest BCUT2D eigenvalue weighted by atomic mass is 9.93. The van der Waals surface area contributed by atoms with Gasteiger partial charge in [-0.2, -0.15) is 0 Å². The van der Waals surface area contributed by atoms with Crippen LogP contribution in [0.3, 0.4) is 0 Å². The molecule has 2 aromatic rings. The number of nitrogen functional groups attached to an aromatic ring is 1. The van der Waals surface area contributed by atoms with Crippen LogP contribution in [0.25, 0.3) is 5.57 Å². The van der Waals surface area contributed by atoms with E-state index in [1.54, 1.807) is 31.4 Å². The fraction of sp³-hybridized carbons (Fsp3) is 0.238. The summed E-state index contributed by atoms with van der Waals surface area (Å²) in [7, 11) is 1.56. The summed E-state index contributed by atoms with van der Waals surface area (Å²) in [5.74, 6) is -0.780. The van der Waals surface area contributed by atoms with Gasteiger partial charge in [0.25, 0.3) is 0 Å². The van der Waals surface area contributed by atoms with Crippen molar-refractivity contribution in [3.8, 4) is 5.75 Å². The van der Waals surface area contributed by atoms with E-state index in [4.69, 9.17) is 15.2 Å². The highest BCUT2D eigenvalue weighted by Gasteiger charge is 2.30. The van der Waals surface area contributed by atoms with E-state index in [1.807, 2.05) is 19.9 Å². The highest BCUT2D eigenvalue weighted by Crippen LogP contribution is 2.40. The Labute approximate surface area is 157 Å². The van der Waals surface area contributed by atoms with Crippen LogP contribution in [0, 0.1) is 6.92 Å². The van der Waals surface area contributed by atoms with E-state index in [0.717, 1.165) is 16.7 Å². The third-order valence-electron chi connectivity index (χ3n) is 4.91. The maximum absolute atomic E-state index is 12.0. The Morgan fingerprint density at radius 2 is 2.00 bits per heavy atom. The fourth-order valence-corrected chi connectivity index (χ4v) is 3.47. The van der Waals surface area contributed by atoms with Gasteiger partial charge in [-0.25, -0.2) is 9.59 Å². The first-order chi connectivity index (χ1) is 12.9. The SMILES string of the molecule is COc1c(C)c2c(c(N)c1C/C=C(/C)c1ccccc1C(=O)O)C(=O)OC2. The number of carbonyl (C=O) groups excluding carboxylic acids is 1. The number of anilines is 1. The molecule has 6 nitrogen and oxygen atoms in total. The molecule has 0 radical (unpaired) electrons. The average Bonchev–Trinajstić information content (AvgIpc) is 3.05. The predicted octanol–water partition coefficient (Wildman–Crippen LogP) is 3.60. The second-order valence-corrected chi connectivity index (χ2v) is 6.42. The fourth-order valence-electron chi connectivity index (χ4n) is 3.47. The number of methoxy groups -OCH3 is 1. The van der Waals surface area contributed by atoms with Crippen molar-refractivity contribution in [2.24, 2.45) is 0 Å². The number of esters is 1. The van der Waals surface area contributed by atoms with E-state index in [0.29, 0.717) is 34.5 Å². The molecule has 0 saturated heterocycles. The van der Waals surface area contributed by atoms with Crippen LogP contribution >= 0.6 is 0 Å². The maximum Gasteiger partial charge on any atom is 0.341 e. The van der Waals surface area contributed by atoms with Crippen molar-refractivity contribution in [3.63, 3.8) is 0 Å². The average molecular weight is 367 g/mol. The van der Waals surface area contributed by atoms with Crippen molar-refractivity contribution in [1.82, 2.24) is 0 Å². The van der Waals surface area contributed by atoms with E-state index in [9.17, 15) is 14.7 Å². The zero-order valence-corrected chi connectivity index (χ0v) is 15.5. The predicted molar refractivity (Wildman–Crippen MR) is 102 cm³/mol. The summed E-state index contributed by atoms with van der Waals surface area (Å²) in [6, 6.07) is 6.82. The number of aromatic carboxylic acids is 1. The normalized spacial score (nSPS) is 13.3. The van der Waals surface area contributed by atoms with Crippen molar-refractivity contribution in [2.75, 3.05) is 12.8 Å². The molecule has 0 aromatic heterocycles. The molecule has 3 N–H and O–H groups in total. The summed E-state index contributed by atoms with van der Waals surface area (Å²) >= 11 is 0. The lowest BCUT2D eigenvalue weighted by Crippen LogP contribution is -2.08. The summed E-state index contributed by atoms with van der Waals surface area (Å²) in [6.07, 6.45) is 2.29. The minimum absolute atomic E-state index is 0.196. The first kappa shape index (κ1) is 18.5. The molecule has 0 amide bonds. The third-order valence-corrected chi connectivity index (χ3v) is 4.91. The lowest BCUT2D eigenvalue weighted by Gasteiger charge is -2.17. The van der Waals surface area contributed by atoms with Crippen LogP contribution in [-0.2, 0) is 17.8 Å². The van der Waals surface area contributed by atoms with E-state index in [-0.39, 0.29) is 12.2 Å². The summed E-state index contributed by atoms with van der Waals surface area (Å²) in [6.45, 7) is 3.92. The minimum atomic E-state index is -0.980. The van der Waals surface area contributed by atoms with Gasteiger partial charge in [-0.3, -0.25) is 0 Å². The zero-order valence-electron chi connectivity index (χ0n) is 15.5. The van der Waals surface area contributed by atoms with Gasteiger partial charge in [-0.05, 0) is 43.0 Å². The van der Waals surface area contributed by atoms with E-state index < -0.39 is 11.9 Å². The molecule has 1 heterocycles. The first-order valence-electron chi connectivity index (χ1n) is 8.51. The quantitative estimate of drug-likeness (QED) is 0.619. The molecule has 6 heteroatoms. The maximum atomic E-state index is 12.0. The molecule has 0 unspecified atom stereocenters. The van der Waals surface area contributed by atoms with Gasteiger partial charge in [-0.15, -0.1) is 0 Å². The largest absolute Gasteiger partial charge is 0.496 e. The highest BCUT2D eigenvalue weighted by molar-refractivity contribution is 6.01. The summed E-state index contributed by atoms with van der Waals surface area (Å²) in [5, 5.41) is 9.38. The Balaban J connectivity index is 2.05. The van der Waals surface area contributed by atoms with Crippen molar-refractivity contribution in [2.45, 2.75) is 26.9 Å². The number of rotatable bonds is 5. The van der Waals surface area contributed by atoms with Gasteiger partial charge in [0.1, 0.15) is 12.4 Å². The molecule has 0 bridgehead atoms. The van der Waals surface area contributed by atoms with Crippen LogP contribution in [0.2, 0.25) is 0 Å². The Kier molecular flexibility index (Phi) is 4.90. The number of allylic oxidation sites excluding steroid dienone is 2. The Morgan fingerprint density at radius 1 is 1.33 bits per heavy atom. The Bertz CT molecular complexity index is 975. The van der Waals surface area contributed by atoms with Crippen LogP contribution in [-0.4, -0.2) is 24.2 Å². The molecule has 27 heavy (non-hydrogen) atoms. The number of nitrogens with two attached hydrogens (primary N) is 1. The topological polar surface area (TPSA) is 98.9 Å². The molecule has 1 aliphatic heterocycles. The van der Waals surface area contributed by atoms with Crippen molar-refractivity contribution >= 4 is 23.2 Å². The van der Waals surface area contributed by atoms with E-state index >= 15 is 0 Å². The number of hydrogen-bond acceptors (Lipinski definition) is 5. The Morgan fingerprint density at radius 3 is 2.63 bits per heavy atom. The number of ether oxygens (including phenoxy) is 2. The molecule has 0 aliphatic carbocycles. The van der Waals surface area contributed by atoms with Gasteiger partial charge in [0.2, 0.25) is 0 Å². The number of carboxylic acids is 1. The number of cyclic esters (lactones) is 1. The smallest absolute Gasteiger partial charge is 0.341 e. The van der Waals surface area contributed by atoms with Crippen molar-refractivity contribution in [3.05, 3.63) is 63.7 Å². The molecular weight excluding hydrogens is 346 g/mol. The Hall–Kier alpha value is -3.28. The molecule has 3 rings (SSSR count). The summed E-state index contributed by atoms with van der Waals surface area (Å²) in [5.41, 5.74) is 11.0. The molecule has 140 valence electrons. The monoisotopic (exact) mass is 367 g/mol. The molecular formula is C21H21NO5. The number of fused-ring (bicyclic) bond motifs is 1. The van der Waals surface area contributed by atoms with Gasteiger partial charge >= 0.3 is 11.9 Å². The zero-order chi connectivity index (χ0) is 19.7. The van der Waals surface area contributed by atoms with Gasteiger partial charge in [0.05, 0.1) is 23.9 Å². The minimum Gasteiger partial charge on any atom is -0.496 e. The van der Waals surface area contributed by atoms with Gasteiger partial charge in [-0.1, -0.05) is 24.3 Å². The number of carbonyl (C=O) groups is 2. The molecule has 1 aliphatic rings. The van der Waals surface area contributed by atoms with E-state index in [2.05, 4.69) is 0 Å². The number of carboxylic acid groups (broad SMARTS) is 1. The van der Waals surface area contributed by atoms with E-state index in [1.165, 1.54) is 0 Å². The second-order valence-electron chi connectivity index (χ2n) is 6.42. The molecule has 2 aromatic carbocycles. The van der Waals surface area contributed by atoms with Crippen LogP contribution in [0.5, 0.6) is 5.75 Å². The first-order valence-corrected chi connectivity index (χ1v) is 8.51. The molecule has 0 spiro atoms. The third kappa shape index (κ3) is 3.14. The van der Waals surface area contributed by atoms with Crippen LogP contribution < -0.4 is 10.5 Å². The summed E-state index contributed by atoms with van der Waals surface area (Å²) < 4.78 is 10.7. The van der Waals surface area contributed by atoms with Gasteiger partial charge in [0, 0.05) is 11.1 Å². The van der Waals surface area contributed by atoms with Crippen molar-refractivity contribution in [1.29, 1.82) is 0 Å². The van der Waals surface area contributed by atoms with Gasteiger partial charge < -0.3 is 20.3 Å². The second kappa shape index (κ2) is 7.15. The van der Waals surface area contributed by atoms with Gasteiger partial charge in [0.15, 0.2) is 0 Å². The lowest BCUT2D eigenvalue weighted by molar-refractivity contribution is 0.0535. The molecule has 0 atom stereocenters. The van der Waals surface area contributed by atoms with Crippen LogP contribution in [0.1, 0.15) is 49.9 Å². The number of benzene rings is 2. The molecule has 0 saturated carbocycles. The van der Waals surface area contributed by atoms with Crippen molar-refractivity contribution < 1.29 is 24.2 Å². The highest BCUT2D eigenvalue weighted by atomic mass is 16.5. The summed E-state index contributed by atoms with van der Waals surface area (Å²) in [4.78, 5) is 23.5. The number of hydrogen-bond donors (Lipinski definition) is 2. The molecule has 0 fully saturated rings. The standard InChI is InChI=1S/C21H21NO5/c1-11(13-6-4-5-7-14(13)20(23)24)8-9-15-18(22)17-16(10-27-21(17)25)12(2)19(15)26-3/h4-8H,9-10,22H2,1-3H3,(H,23,24)/b11-8-. The van der Waals surface area contributed by atoms with Crippen LogP contribution in [0.15, 0.2) is 30.3 Å².